The van der Waals surface area contributed by atoms with E-state index < -0.39 is 15.1 Å². The summed E-state index contributed by atoms with van der Waals surface area (Å²) in [7, 11) is -4.63. The average molecular weight is 401 g/mol. The van der Waals surface area contributed by atoms with Crippen LogP contribution in [0.1, 0.15) is 123 Å². The third kappa shape index (κ3) is 14.9. The van der Waals surface area contributed by atoms with E-state index in [0.717, 1.165) is 19.3 Å². The van der Waals surface area contributed by atoms with E-state index in [4.69, 9.17) is 0 Å². The Morgan fingerprint density at radius 1 is 0.692 bits per heavy atom. The normalized spacial score (nSPS) is 14.0. The molecule has 152 valence electrons. The molecule has 0 saturated heterocycles. The molecule has 0 aromatic rings. The molecule has 0 aromatic carbocycles. The van der Waals surface area contributed by atoms with Gasteiger partial charge in [-0.2, -0.15) is 0 Å². The summed E-state index contributed by atoms with van der Waals surface area (Å²) in [6.45, 7) is 3.79. The summed E-state index contributed by atoms with van der Waals surface area (Å²) in [5, 5.41) is 9.86. The van der Waals surface area contributed by atoms with E-state index in [-0.39, 0.29) is 42.4 Å². The summed E-state index contributed by atoms with van der Waals surface area (Å²) in [6.07, 6.45) is 18.5. The molecule has 1 N–H and O–H groups in total. The van der Waals surface area contributed by atoms with E-state index in [1.165, 1.54) is 70.6 Å². The zero-order valence-electron chi connectivity index (χ0n) is 17.6. The molecule has 0 amide bonds. The SMILES string of the molecule is CCCCCCCCCCCCCCCCCC(O)(CC)S(=O)(=O)[O-].[Na+]. The fraction of sp³-hybridized carbons (Fsp3) is 1.00. The summed E-state index contributed by atoms with van der Waals surface area (Å²) in [5.41, 5.74) is 0. The molecular weight excluding hydrogens is 359 g/mol. The van der Waals surface area contributed by atoms with Crippen molar-refractivity contribution in [2.24, 2.45) is 0 Å². The summed E-state index contributed by atoms with van der Waals surface area (Å²) >= 11 is 0. The van der Waals surface area contributed by atoms with E-state index in [1.807, 2.05) is 0 Å². The third-order valence-electron chi connectivity index (χ3n) is 5.19. The number of unbranched alkanes of at least 4 members (excludes halogenated alkanes) is 14. The Morgan fingerprint density at radius 3 is 1.27 bits per heavy atom. The van der Waals surface area contributed by atoms with Crippen LogP contribution in [0.25, 0.3) is 0 Å². The van der Waals surface area contributed by atoms with E-state index in [2.05, 4.69) is 6.92 Å². The number of hydrogen-bond donors (Lipinski definition) is 1. The quantitative estimate of drug-likeness (QED) is 0.218. The molecule has 0 radical (unpaired) electrons. The molecular formula is C20H41NaO4S. The molecule has 0 rings (SSSR count). The van der Waals surface area contributed by atoms with Gasteiger partial charge in [0.1, 0.15) is 10.1 Å². The minimum atomic E-state index is -4.63. The molecule has 0 aliphatic rings. The van der Waals surface area contributed by atoms with Crippen LogP contribution in [0.5, 0.6) is 0 Å². The molecule has 6 heteroatoms. The van der Waals surface area contributed by atoms with Gasteiger partial charge in [-0.1, -0.05) is 104 Å². The van der Waals surface area contributed by atoms with Crippen LogP contribution in [0, 0.1) is 0 Å². The fourth-order valence-corrected chi connectivity index (χ4v) is 4.00. The molecule has 0 fully saturated rings. The molecule has 1 unspecified atom stereocenters. The standard InChI is InChI=1S/C20H42O4S.Na/c1-3-5-6-7-8-9-10-11-12-13-14-15-16-17-18-19-20(21,4-2)25(22,23)24;/h21H,3-19H2,1-2H3,(H,22,23,24);/q;+1/p-1. The van der Waals surface area contributed by atoms with Crippen molar-refractivity contribution in [3.8, 4) is 0 Å². The zero-order valence-corrected chi connectivity index (χ0v) is 20.4. The molecule has 1 atom stereocenters. The van der Waals surface area contributed by atoms with Gasteiger partial charge in [0.05, 0.1) is 0 Å². The smallest absolute Gasteiger partial charge is 0.746 e. The zero-order chi connectivity index (χ0) is 19.0. The predicted octanol–water partition coefficient (Wildman–Crippen LogP) is 2.90. The van der Waals surface area contributed by atoms with Crippen molar-refractivity contribution in [3.05, 3.63) is 0 Å². The van der Waals surface area contributed by atoms with Gasteiger partial charge in [0, 0.05) is 0 Å². The van der Waals surface area contributed by atoms with E-state index in [0.29, 0.717) is 6.42 Å². The van der Waals surface area contributed by atoms with Gasteiger partial charge in [-0.25, -0.2) is 8.42 Å². The predicted molar refractivity (Wildman–Crippen MR) is 104 cm³/mol. The number of rotatable bonds is 18. The topological polar surface area (TPSA) is 77.4 Å². The summed E-state index contributed by atoms with van der Waals surface area (Å²) in [6, 6.07) is 0. The van der Waals surface area contributed by atoms with Gasteiger partial charge in [0.15, 0.2) is 4.93 Å². The van der Waals surface area contributed by atoms with Gasteiger partial charge < -0.3 is 9.66 Å². The summed E-state index contributed by atoms with van der Waals surface area (Å²) < 4.78 is 33.2. The first-order valence-corrected chi connectivity index (χ1v) is 12.0. The van der Waals surface area contributed by atoms with Crippen molar-refractivity contribution in [1.29, 1.82) is 0 Å². The molecule has 26 heavy (non-hydrogen) atoms. The van der Waals surface area contributed by atoms with Crippen molar-refractivity contribution >= 4 is 10.1 Å². The maximum absolute atomic E-state index is 11.1. The second-order valence-electron chi connectivity index (χ2n) is 7.45. The molecule has 0 bridgehead atoms. The van der Waals surface area contributed by atoms with Crippen molar-refractivity contribution in [1.82, 2.24) is 0 Å². The Kier molecular flexibility index (Phi) is 20.1. The molecule has 0 heterocycles. The van der Waals surface area contributed by atoms with Crippen molar-refractivity contribution in [2.45, 2.75) is 128 Å². The van der Waals surface area contributed by atoms with Crippen molar-refractivity contribution in [2.75, 3.05) is 0 Å². The Morgan fingerprint density at radius 2 is 1.00 bits per heavy atom. The van der Waals surface area contributed by atoms with Crippen LogP contribution >= 0.6 is 0 Å². The van der Waals surface area contributed by atoms with Crippen LogP contribution in [0.3, 0.4) is 0 Å². The maximum atomic E-state index is 11.1. The minimum Gasteiger partial charge on any atom is -0.746 e. The van der Waals surface area contributed by atoms with Crippen LogP contribution in [0.2, 0.25) is 0 Å². The van der Waals surface area contributed by atoms with Gasteiger partial charge in [0.2, 0.25) is 0 Å². The van der Waals surface area contributed by atoms with Crippen LogP contribution < -0.4 is 29.6 Å². The first-order valence-electron chi connectivity index (χ1n) is 10.5. The number of hydrogen-bond acceptors (Lipinski definition) is 4. The van der Waals surface area contributed by atoms with E-state index in [9.17, 15) is 18.1 Å². The van der Waals surface area contributed by atoms with Gasteiger partial charge in [-0.3, -0.25) is 0 Å². The van der Waals surface area contributed by atoms with Crippen molar-refractivity contribution in [3.63, 3.8) is 0 Å². The molecule has 0 aliphatic carbocycles. The summed E-state index contributed by atoms with van der Waals surface area (Å²) in [5.74, 6) is 0. The van der Waals surface area contributed by atoms with Crippen LogP contribution in [0.4, 0.5) is 0 Å². The van der Waals surface area contributed by atoms with Gasteiger partial charge in [-0.15, -0.1) is 0 Å². The van der Waals surface area contributed by atoms with E-state index in [1.54, 1.807) is 6.92 Å². The summed E-state index contributed by atoms with van der Waals surface area (Å²) in [4.78, 5) is -2.07. The van der Waals surface area contributed by atoms with Crippen molar-refractivity contribution < 1.29 is 47.6 Å². The molecule has 0 aromatic heterocycles. The Hall–Kier alpha value is 0.870. The monoisotopic (exact) mass is 400 g/mol. The molecule has 0 spiro atoms. The van der Waals surface area contributed by atoms with Gasteiger partial charge in [0.25, 0.3) is 0 Å². The Bertz CT molecular complexity index is 401. The van der Waals surface area contributed by atoms with Gasteiger partial charge >= 0.3 is 29.6 Å². The van der Waals surface area contributed by atoms with Crippen LogP contribution in [-0.2, 0) is 10.1 Å². The second kappa shape index (κ2) is 17.9. The average Bonchev–Trinajstić information content (AvgIpc) is 2.57. The largest absolute Gasteiger partial charge is 1.00 e. The van der Waals surface area contributed by atoms with E-state index >= 15 is 0 Å². The number of aliphatic hydroxyl groups is 1. The fourth-order valence-electron chi connectivity index (χ4n) is 3.25. The van der Waals surface area contributed by atoms with Gasteiger partial charge in [-0.05, 0) is 19.3 Å². The Balaban J connectivity index is 0. The first kappa shape index (κ1) is 29.1. The molecule has 0 saturated carbocycles. The van der Waals surface area contributed by atoms with Crippen LogP contribution in [0.15, 0.2) is 0 Å². The Labute approximate surface area is 185 Å². The second-order valence-corrected chi connectivity index (χ2v) is 9.12. The molecule has 0 aliphatic heterocycles. The molecule has 4 nitrogen and oxygen atoms in total. The maximum Gasteiger partial charge on any atom is 1.00 e. The first-order chi connectivity index (χ1) is 11.9. The van der Waals surface area contributed by atoms with Crippen LogP contribution in [-0.4, -0.2) is 23.0 Å². The minimum absolute atomic E-state index is 0. The third-order valence-corrected chi connectivity index (χ3v) is 6.61.